The van der Waals surface area contributed by atoms with Gasteiger partial charge in [-0.1, -0.05) is 42.0 Å². The van der Waals surface area contributed by atoms with E-state index < -0.39 is 0 Å². The smallest absolute Gasteiger partial charge is 0.223 e. The summed E-state index contributed by atoms with van der Waals surface area (Å²) in [6.45, 7) is 3.94. The Morgan fingerprint density at radius 2 is 1.89 bits per heavy atom. The van der Waals surface area contributed by atoms with Gasteiger partial charge in [-0.25, -0.2) is 0 Å². The molecule has 0 aliphatic carbocycles. The fourth-order valence-corrected chi connectivity index (χ4v) is 3.62. The number of hydrogen-bond acceptors (Lipinski definition) is 3. The first-order chi connectivity index (χ1) is 12.7. The molecule has 5 nitrogen and oxygen atoms in total. The van der Waals surface area contributed by atoms with Crippen LogP contribution in [-0.2, 0) is 16.0 Å². The molecule has 2 N–H and O–H groups in total. The topological polar surface area (TPSA) is 61.4 Å². The van der Waals surface area contributed by atoms with E-state index in [-0.39, 0.29) is 30.1 Å². The number of benzene rings is 1. The minimum absolute atomic E-state index is 0. The first-order valence-electron chi connectivity index (χ1n) is 9.70. The zero-order valence-corrected chi connectivity index (χ0v) is 16.6. The van der Waals surface area contributed by atoms with Crippen LogP contribution in [0, 0.1) is 5.92 Å². The Hall–Kier alpha value is -1.85. The Balaban J connectivity index is 0.00000261. The van der Waals surface area contributed by atoms with Gasteiger partial charge in [-0.15, -0.1) is 12.4 Å². The van der Waals surface area contributed by atoms with Crippen molar-refractivity contribution in [1.29, 1.82) is 0 Å². The summed E-state index contributed by atoms with van der Waals surface area (Å²) in [7, 11) is 0. The van der Waals surface area contributed by atoms with Crippen LogP contribution >= 0.6 is 12.4 Å². The summed E-state index contributed by atoms with van der Waals surface area (Å²) < 4.78 is 0. The molecule has 0 radical (unpaired) electrons. The minimum Gasteiger partial charge on any atom is -0.352 e. The zero-order valence-electron chi connectivity index (χ0n) is 15.8. The van der Waals surface area contributed by atoms with Crippen LogP contribution in [0.3, 0.4) is 0 Å². The molecule has 2 heterocycles. The summed E-state index contributed by atoms with van der Waals surface area (Å²) in [5.74, 6) is 0.379. The van der Waals surface area contributed by atoms with Gasteiger partial charge in [0, 0.05) is 38.5 Å². The highest BCUT2D eigenvalue weighted by Gasteiger charge is 2.27. The maximum Gasteiger partial charge on any atom is 0.223 e. The maximum atomic E-state index is 12.4. The lowest BCUT2D eigenvalue weighted by molar-refractivity contribution is -0.135. The van der Waals surface area contributed by atoms with E-state index in [1.54, 1.807) is 0 Å². The van der Waals surface area contributed by atoms with Crippen LogP contribution in [0.15, 0.2) is 42.0 Å². The molecule has 0 aromatic heterocycles. The number of likely N-dealkylation sites (tertiary alicyclic amines) is 1. The second-order valence-corrected chi connectivity index (χ2v) is 7.17. The monoisotopic (exact) mass is 391 g/mol. The molecule has 27 heavy (non-hydrogen) atoms. The van der Waals surface area contributed by atoms with Gasteiger partial charge in [0.1, 0.15) is 0 Å². The molecule has 2 amide bonds. The Bertz CT molecular complexity index is 640. The van der Waals surface area contributed by atoms with Crippen LogP contribution in [0.25, 0.3) is 0 Å². The number of rotatable bonds is 6. The lowest BCUT2D eigenvalue weighted by Gasteiger charge is -2.31. The van der Waals surface area contributed by atoms with Crippen LogP contribution in [0.5, 0.6) is 0 Å². The average molecular weight is 392 g/mol. The number of piperidine rings is 1. The summed E-state index contributed by atoms with van der Waals surface area (Å²) in [5.41, 5.74) is 2.51. The van der Waals surface area contributed by atoms with Gasteiger partial charge in [-0.3, -0.25) is 9.59 Å². The Morgan fingerprint density at radius 1 is 1.15 bits per heavy atom. The second-order valence-electron chi connectivity index (χ2n) is 7.17. The Kier molecular flexibility index (Phi) is 8.82. The van der Waals surface area contributed by atoms with Crippen molar-refractivity contribution < 1.29 is 9.59 Å². The molecule has 2 aliphatic heterocycles. The van der Waals surface area contributed by atoms with Crippen molar-refractivity contribution in [2.24, 2.45) is 5.92 Å². The van der Waals surface area contributed by atoms with E-state index in [2.05, 4.69) is 28.8 Å². The second kappa shape index (κ2) is 11.1. The molecular weight excluding hydrogens is 362 g/mol. The summed E-state index contributed by atoms with van der Waals surface area (Å²) in [6.07, 6.45) is 6.03. The van der Waals surface area contributed by atoms with Crippen LogP contribution in [0.2, 0.25) is 0 Å². The number of aryl methyl sites for hydroxylation is 1. The molecule has 1 aromatic carbocycles. The van der Waals surface area contributed by atoms with E-state index in [1.807, 2.05) is 23.1 Å². The van der Waals surface area contributed by atoms with Gasteiger partial charge >= 0.3 is 0 Å². The van der Waals surface area contributed by atoms with Gasteiger partial charge in [0.25, 0.3) is 0 Å². The largest absolute Gasteiger partial charge is 0.352 e. The van der Waals surface area contributed by atoms with E-state index in [9.17, 15) is 9.59 Å². The van der Waals surface area contributed by atoms with E-state index in [1.165, 1.54) is 11.1 Å². The highest BCUT2D eigenvalue weighted by Crippen LogP contribution is 2.19. The summed E-state index contributed by atoms with van der Waals surface area (Å²) in [5, 5.41) is 6.35. The highest BCUT2D eigenvalue weighted by molar-refractivity contribution is 5.85. The lowest BCUT2D eigenvalue weighted by atomic mass is 9.95. The molecule has 6 heteroatoms. The normalized spacial score (nSPS) is 17.6. The molecule has 0 saturated carbocycles. The summed E-state index contributed by atoms with van der Waals surface area (Å²) >= 11 is 0. The molecule has 1 fully saturated rings. The maximum absolute atomic E-state index is 12.4. The molecule has 1 aromatic rings. The van der Waals surface area contributed by atoms with Crippen molar-refractivity contribution in [1.82, 2.24) is 15.5 Å². The van der Waals surface area contributed by atoms with Crippen molar-refractivity contribution in [3.05, 3.63) is 47.5 Å². The summed E-state index contributed by atoms with van der Waals surface area (Å²) in [6, 6.07) is 10.1. The van der Waals surface area contributed by atoms with Crippen molar-refractivity contribution in [3.63, 3.8) is 0 Å². The Labute approximate surface area is 168 Å². The predicted octanol–water partition coefficient (Wildman–Crippen LogP) is 2.32. The van der Waals surface area contributed by atoms with Crippen LogP contribution < -0.4 is 10.6 Å². The molecule has 3 rings (SSSR count). The first kappa shape index (κ1) is 21.5. The third-order valence-corrected chi connectivity index (χ3v) is 5.34. The molecule has 0 atom stereocenters. The van der Waals surface area contributed by atoms with Crippen molar-refractivity contribution in [3.8, 4) is 0 Å². The number of nitrogens with zero attached hydrogens (tertiary/aromatic N) is 1. The Morgan fingerprint density at radius 3 is 2.56 bits per heavy atom. The number of halogens is 1. The van der Waals surface area contributed by atoms with Gasteiger partial charge in [-0.2, -0.15) is 0 Å². The third kappa shape index (κ3) is 6.67. The highest BCUT2D eigenvalue weighted by atomic mass is 35.5. The van der Waals surface area contributed by atoms with Gasteiger partial charge in [0.2, 0.25) is 11.8 Å². The van der Waals surface area contributed by atoms with Gasteiger partial charge in [0.05, 0.1) is 0 Å². The molecule has 2 aliphatic rings. The molecule has 0 spiro atoms. The lowest BCUT2D eigenvalue weighted by Crippen LogP contribution is -2.43. The van der Waals surface area contributed by atoms with E-state index in [0.29, 0.717) is 26.1 Å². The third-order valence-electron chi connectivity index (χ3n) is 5.34. The van der Waals surface area contributed by atoms with Crippen molar-refractivity contribution in [2.45, 2.75) is 32.1 Å². The number of carbonyl (C=O) groups excluding carboxylic acids is 2. The first-order valence-corrected chi connectivity index (χ1v) is 9.70. The van der Waals surface area contributed by atoms with Crippen LogP contribution in [0.4, 0.5) is 0 Å². The predicted molar refractivity (Wildman–Crippen MR) is 110 cm³/mol. The number of nitrogens with one attached hydrogen (secondary N) is 2. The van der Waals surface area contributed by atoms with E-state index in [0.717, 1.165) is 38.8 Å². The number of carbonyl (C=O) groups is 2. The van der Waals surface area contributed by atoms with Gasteiger partial charge in [-0.05, 0) is 37.8 Å². The fourth-order valence-electron chi connectivity index (χ4n) is 3.62. The standard InChI is InChI=1S/C21H29N3O2.ClH/c25-20(7-6-17-4-2-1-3-5-17)24-14-10-19(11-15-24)21(26)23-16-18-8-12-22-13-9-18;/h1-5,8,19,22H,6-7,9-16H2,(H,23,26);1H. The molecule has 1 saturated heterocycles. The SMILES string of the molecule is Cl.O=C(NCC1=CCNCC1)C1CCN(C(=O)CCc2ccccc2)CC1. The average Bonchev–Trinajstić information content (AvgIpc) is 2.72. The number of amides is 2. The van der Waals surface area contributed by atoms with Crippen molar-refractivity contribution in [2.75, 3.05) is 32.7 Å². The molecule has 148 valence electrons. The van der Waals surface area contributed by atoms with Crippen molar-refractivity contribution >= 4 is 24.2 Å². The fraction of sp³-hybridized carbons (Fsp3) is 0.524. The van der Waals surface area contributed by atoms with Crippen LogP contribution in [-0.4, -0.2) is 49.4 Å². The molecular formula is C21H30ClN3O2. The van der Waals surface area contributed by atoms with Crippen LogP contribution in [0.1, 0.15) is 31.2 Å². The zero-order chi connectivity index (χ0) is 18.2. The van der Waals surface area contributed by atoms with Gasteiger partial charge < -0.3 is 15.5 Å². The molecule has 0 unspecified atom stereocenters. The van der Waals surface area contributed by atoms with E-state index in [4.69, 9.17) is 0 Å². The van der Waals surface area contributed by atoms with Gasteiger partial charge in [0.15, 0.2) is 0 Å². The molecule has 0 bridgehead atoms. The number of hydrogen-bond donors (Lipinski definition) is 2. The van der Waals surface area contributed by atoms with E-state index >= 15 is 0 Å². The quantitative estimate of drug-likeness (QED) is 0.731. The summed E-state index contributed by atoms with van der Waals surface area (Å²) in [4.78, 5) is 26.7. The minimum atomic E-state index is 0.